The van der Waals surface area contributed by atoms with Gasteiger partial charge in [0.15, 0.2) is 5.78 Å². The van der Waals surface area contributed by atoms with Crippen LogP contribution in [0.2, 0.25) is 0 Å². The van der Waals surface area contributed by atoms with Gasteiger partial charge in [0.05, 0.1) is 10.7 Å². The molecule has 1 aromatic carbocycles. The molecule has 0 aromatic heterocycles. The molecular formula is C13H15NO3S3. The average Bonchev–Trinajstić information content (AvgIpc) is 2.34. The van der Waals surface area contributed by atoms with E-state index < -0.39 is 4.92 Å². The lowest BCUT2D eigenvalue weighted by Crippen LogP contribution is -2.11. The number of hydrogen-bond acceptors (Lipinski definition) is 6. The topological polar surface area (TPSA) is 60.2 Å². The average molecular weight is 329 g/mol. The van der Waals surface area contributed by atoms with E-state index in [0.29, 0.717) is 5.56 Å². The number of Topliss-reactive ketones (excluding diaryl/α,β-unsaturated/α-hetero) is 1. The van der Waals surface area contributed by atoms with Gasteiger partial charge in [0.25, 0.3) is 5.69 Å². The van der Waals surface area contributed by atoms with Gasteiger partial charge in [-0.3, -0.25) is 14.9 Å². The van der Waals surface area contributed by atoms with Crippen LogP contribution in [0.1, 0.15) is 31.1 Å². The maximum atomic E-state index is 11.9. The van der Waals surface area contributed by atoms with Gasteiger partial charge in [-0.2, -0.15) is 0 Å². The Kier molecular flexibility index (Phi) is 6.16. The number of nitrogens with zero attached hydrogens (tertiary/aromatic N) is 1. The Labute approximate surface area is 131 Å². The maximum Gasteiger partial charge on any atom is 0.269 e. The highest BCUT2D eigenvalue weighted by Gasteiger charge is 2.16. The van der Waals surface area contributed by atoms with Crippen molar-refractivity contribution in [3.05, 3.63) is 39.9 Å². The highest BCUT2D eigenvalue weighted by molar-refractivity contribution is 8.47. The Morgan fingerprint density at radius 1 is 1.30 bits per heavy atom. The first-order valence-electron chi connectivity index (χ1n) is 5.82. The molecule has 108 valence electrons. The van der Waals surface area contributed by atoms with Gasteiger partial charge in [-0.1, -0.05) is 44.8 Å². The van der Waals surface area contributed by atoms with Crippen LogP contribution >= 0.6 is 35.7 Å². The van der Waals surface area contributed by atoms with E-state index in [1.807, 2.05) is 0 Å². The summed E-state index contributed by atoms with van der Waals surface area (Å²) in [6, 6.07) is 5.61. The highest BCUT2D eigenvalue weighted by atomic mass is 32.2. The monoisotopic (exact) mass is 329 g/mol. The molecule has 0 atom stereocenters. The van der Waals surface area contributed by atoms with Crippen LogP contribution in [0.4, 0.5) is 5.69 Å². The first-order chi connectivity index (χ1) is 9.19. The summed E-state index contributed by atoms with van der Waals surface area (Å²) in [4.78, 5) is 22.0. The summed E-state index contributed by atoms with van der Waals surface area (Å²) in [6.07, 6.45) is 0. The zero-order valence-electron chi connectivity index (χ0n) is 11.4. The summed E-state index contributed by atoms with van der Waals surface area (Å²) in [5, 5.41) is 10.5. The predicted octanol–water partition coefficient (Wildman–Crippen LogP) is 4.33. The Balaban J connectivity index is 2.55. The molecule has 7 heteroatoms. The second-order valence-corrected chi connectivity index (χ2v) is 8.99. The van der Waals surface area contributed by atoms with Gasteiger partial charge < -0.3 is 0 Å². The van der Waals surface area contributed by atoms with Crippen LogP contribution in [-0.2, 0) is 0 Å². The zero-order valence-corrected chi connectivity index (χ0v) is 13.9. The fraction of sp³-hybridized carbons (Fsp3) is 0.385. The number of hydrogen-bond donors (Lipinski definition) is 0. The van der Waals surface area contributed by atoms with Crippen molar-refractivity contribution in [3.63, 3.8) is 0 Å². The number of benzene rings is 1. The van der Waals surface area contributed by atoms with Gasteiger partial charge in [0.1, 0.15) is 3.53 Å². The second kappa shape index (κ2) is 7.19. The number of non-ortho nitro benzene ring substituents is 1. The van der Waals surface area contributed by atoms with E-state index >= 15 is 0 Å². The molecule has 4 nitrogen and oxygen atoms in total. The number of thioether (sulfide) groups is 2. The molecule has 0 aliphatic heterocycles. The van der Waals surface area contributed by atoms with Crippen LogP contribution in [0.15, 0.2) is 24.3 Å². The predicted molar refractivity (Wildman–Crippen MR) is 89.8 cm³/mol. The summed E-state index contributed by atoms with van der Waals surface area (Å²) in [7, 11) is 0. The molecule has 0 saturated carbocycles. The third-order valence-corrected chi connectivity index (χ3v) is 4.74. The fourth-order valence-electron chi connectivity index (χ4n) is 1.26. The van der Waals surface area contributed by atoms with Crippen molar-refractivity contribution in [3.8, 4) is 0 Å². The van der Waals surface area contributed by atoms with Crippen LogP contribution in [0, 0.1) is 10.1 Å². The molecule has 0 fully saturated rings. The van der Waals surface area contributed by atoms with Gasteiger partial charge >= 0.3 is 0 Å². The Morgan fingerprint density at radius 3 is 2.30 bits per heavy atom. The molecule has 0 bridgehead atoms. The molecule has 0 aliphatic carbocycles. The molecule has 0 N–H and O–H groups in total. The van der Waals surface area contributed by atoms with Crippen LogP contribution in [0.25, 0.3) is 0 Å². The molecular weight excluding hydrogens is 314 g/mol. The quantitative estimate of drug-likeness (QED) is 0.355. The Bertz CT molecular complexity index is 521. The summed E-state index contributed by atoms with van der Waals surface area (Å²) < 4.78 is 0.758. The van der Waals surface area contributed by atoms with Crippen LogP contribution < -0.4 is 0 Å². The fourth-order valence-corrected chi connectivity index (χ4v) is 4.26. The van der Waals surface area contributed by atoms with E-state index in [1.54, 1.807) is 11.8 Å². The lowest BCUT2D eigenvalue weighted by molar-refractivity contribution is -0.384. The third kappa shape index (κ3) is 6.02. The minimum atomic E-state index is -0.488. The smallest absolute Gasteiger partial charge is 0.269 e. The number of nitro benzene ring substituents is 1. The van der Waals surface area contributed by atoms with E-state index in [9.17, 15) is 14.9 Å². The van der Waals surface area contributed by atoms with Crippen molar-refractivity contribution in [2.45, 2.75) is 25.5 Å². The van der Waals surface area contributed by atoms with Gasteiger partial charge in [-0.25, -0.2) is 0 Å². The largest absolute Gasteiger partial charge is 0.293 e. The molecule has 0 heterocycles. The molecule has 0 amide bonds. The number of rotatable bonds is 4. The molecule has 1 rings (SSSR count). The van der Waals surface area contributed by atoms with Gasteiger partial charge in [0.2, 0.25) is 0 Å². The normalized spacial score (nSPS) is 11.2. The number of ketones is 1. The molecule has 0 unspecified atom stereocenters. The van der Waals surface area contributed by atoms with E-state index in [0.717, 1.165) is 3.53 Å². The summed E-state index contributed by atoms with van der Waals surface area (Å²) in [5.74, 6) is 0.168. The van der Waals surface area contributed by atoms with Crippen molar-refractivity contribution >= 4 is 50.7 Å². The van der Waals surface area contributed by atoms with Crippen molar-refractivity contribution in [2.75, 3.05) is 5.75 Å². The van der Waals surface area contributed by atoms with Crippen LogP contribution in [0.5, 0.6) is 0 Å². The van der Waals surface area contributed by atoms with Crippen molar-refractivity contribution < 1.29 is 9.72 Å². The minimum absolute atomic E-state index is 0.0204. The first kappa shape index (κ1) is 17.1. The minimum Gasteiger partial charge on any atom is -0.293 e. The van der Waals surface area contributed by atoms with Crippen LogP contribution in [0.3, 0.4) is 0 Å². The molecule has 0 aliphatic rings. The number of nitro groups is 1. The Hall–Kier alpha value is -0.920. The molecule has 0 radical (unpaired) electrons. The number of thiocarbonyl (C=S) groups is 1. The van der Waals surface area contributed by atoms with Crippen molar-refractivity contribution in [1.29, 1.82) is 0 Å². The summed E-state index contributed by atoms with van der Waals surface area (Å²) in [6.45, 7) is 6.17. The highest BCUT2D eigenvalue weighted by Crippen LogP contribution is 2.30. The third-order valence-electron chi connectivity index (χ3n) is 2.11. The van der Waals surface area contributed by atoms with Crippen molar-refractivity contribution in [2.24, 2.45) is 0 Å². The molecule has 1 aromatic rings. The van der Waals surface area contributed by atoms with E-state index in [-0.39, 0.29) is 22.0 Å². The molecule has 0 saturated heterocycles. The van der Waals surface area contributed by atoms with E-state index in [2.05, 4.69) is 20.8 Å². The van der Waals surface area contributed by atoms with Gasteiger partial charge in [-0.05, 0) is 12.1 Å². The Morgan fingerprint density at radius 2 is 1.85 bits per heavy atom. The summed E-state index contributed by atoms with van der Waals surface area (Å²) >= 11 is 8.09. The first-order valence-corrected chi connectivity index (χ1v) is 8.03. The van der Waals surface area contributed by atoms with Gasteiger partial charge in [-0.15, -0.1) is 11.8 Å². The van der Waals surface area contributed by atoms with E-state index in [1.165, 1.54) is 36.0 Å². The number of carbonyl (C=O) groups is 1. The van der Waals surface area contributed by atoms with E-state index in [4.69, 9.17) is 12.2 Å². The SMILES string of the molecule is CC(C)(C)SC(=S)SCC(=O)c1ccc([N+](=O)[O-])cc1. The second-order valence-electron chi connectivity index (χ2n) is 4.98. The molecule has 0 spiro atoms. The lowest BCUT2D eigenvalue weighted by Gasteiger charge is -2.17. The molecule has 20 heavy (non-hydrogen) atoms. The maximum absolute atomic E-state index is 11.9. The van der Waals surface area contributed by atoms with Crippen LogP contribution in [-0.4, -0.2) is 24.7 Å². The van der Waals surface area contributed by atoms with Gasteiger partial charge in [0, 0.05) is 22.4 Å². The zero-order chi connectivity index (χ0) is 15.3. The lowest BCUT2D eigenvalue weighted by atomic mass is 10.1. The number of carbonyl (C=O) groups excluding carboxylic acids is 1. The standard InChI is InChI=1S/C13H15NO3S3/c1-13(2,3)20-12(18)19-8-11(15)9-4-6-10(7-5-9)14(16)17/h4-7H,8H2,1-3H3. The van der Waals surface area contributed by atoms with Crippen molar-refractivity contribution in [1.82, 2.24) is 0 Å². The summed E-state index contributed by atoms with van der Waals surface area (Å²) in [5.41, 5.74) is 0.444.